The van der Waals surface area contributed by atoms with Crippen molar-refractivity contribution in [3.63, 3.8) is 0 Å². The Kier molecular flexibility index (Phi) is 4.44. The SMILES string of the molecule is Cc1ccc(-c2c3ccc(C)cc3c(-c3cccc(C)c3)c3ccc(C)cc23)cc1. The fourth-order valence-corrected chi connectivity index (χ4v) is 4.60. The van der Waals surface area contributed by atoms with Gasteiger partial charge in [0.25, 0.3) is 0 Å². The Morgan fingerprint density at radius 3 is 1.43 bits per heavy atom. The van der Waals surface area contributed by atoms with Gasteiger partial charge in [-0.2, -0.15) is 0 Å². The first-order valence-corrected chi connectivity index (χ1v) is 10.6. The van der Waals surface area contributed by atoms with E-state index < -0.39 is 0 Å². The van der Waals surface area contributed by atoms with Crippen LogP contribution in [0.25, 0.3) is 43.8 Å². The normalized spacial score (nSPS) is 11.3. The van der Waals surface area contributed by atoms with Crippen LogP contribution in [0, 0.1) is 27.7 Å². The molecule has 146 valence electrons. The summed E-state index contributed by atoms with van der Waals surface area (Å²) in [4.78, 5) is 0. The Bertz CT molecular complexity index is 1400. The summed E-state index contributed by atoms with van der Waals surface area (Å²) >= 11 is 0. The molecule has 0 aliphatic carbocycles. The molecule has 0 spiro atoms. The van der Waals surface area contributed by atoms with Crippen molar-refractivity contribution in [3.05, 3.63) is 107 Å². The fourth-order valence-electron chi connectivity index (χ4n) is 4.60. The van der Waals surface area contributed by atoms with E-state index in [1.165, 1.54) is 66.1 Å². The van der Waals surface area contributed by atoms with Crippen molar-refractivity contribution < 1.29 is 0 Å². The molecule has 30 heavy (non-hydrogen) atoms. The van der Waals surface area contributed by atoms with Crippen LogP contribution in [0.15, 0.2) is 84.9 Å². The van der Waals surface area contributed by atoms with Crippen molar-refractivity contribution in [2.24, 2.45) is 0 Å². The van der Waals surface area contributed by atoms with E-state index in [0.29, 0.717) is 0 Å². The van der Waals surface area contributed by atoms with Crippen molar-refractivity contribution in [2.45, 2.75) is 27.7 Å². The quantitative estimate of drug-likeness (QED) is 0.267. The van der Waals surface area contributed by atoms with E-state index in [2.05, 4.69) is 113 Å². The summed E-state index contributed by atoms with van der Waals surface area (Å²) in [5.41, 5.74) is 10.4. The van der Waals surface area contributed by atoms with Crippen molar-refractivity contribution in [1.29, 1.82) is 0 Å². The Morgan fingerprint density at radius 1 is 0.367 bits per heavy atom. The zero-order valence-corrected chi connectivity index (χ0v) is 18.1. The second-order valence-electron chi connectivity index (χ2n) is 8.58. The summed E-state index contributed by atoms with van der Waals surface area (Å²) in [5.74, 6) is 0. The lowest BCUT2D eigenvalue weighted by atomic mass is 9.84. The van der Waals surface area contributed by atoms with Gasteiger partial charge in [-0.1, -0.05) is 107 Å². The van der Waals surface area contributed by atoms with Gasteiger partial charge in [-0.25, -0.2) is 0 Å². The topological polar surface area (TPSA) is 0 Å². The third kappa shape index (κ3) is 3.09. The highest BCUT2D eigenvalue weighted by Gasteiger charge is 2.17. The molecule has 0 saturated carbocycles. The number of benzene rings is 5. The largest absolute Gasteiger partial charge is 0.0614 e. The molecular formula is C30H26. The Labute approximate surface area is 178 Å². The molecule has 0 radical (unpaired) electrons. The number of rotatable bonds is 2. The number of fused-ring (bicyclic) bond motifs is 2. The molecule has 0 amide bonds. The highest BCUT2D eigenvalue weighted by atomic mass is 14.2. The van der Waals surface area contributed by atoms with Crippen LogP contribution >= 0.6 is 0 Å². The molecular weight excluding hydrogens is 360 g/mol. The van der Waals surface area contributed by atoms with Crippen LogP contribution in [-0.4, -0.2) is 0 Å². The van der Waals surface area contributed by atoms with Crippen LogP contribution in [0.1, 0.15) is 22.3 Å². The number of aryl methyl sites for hydroxylation is 4. The molecule has 0 N–H and O–H groups in total. The molecule has 5 rings (SSSR count). The molecule has 0 bridgehead atoms. The third-order valence-corrected chi connectivity index (χ3v) is 6.07. The molecule has 0 aromatic heterocycles. The van der Waals surface area contributed by atoms with Gasteiger partial charge in [0, 0.05) is 0 Å². The van der Waals surface area contributed by atoms with Gasteiger partial charge in [-0.05, 0) is 71.5 Å². The maximum Gasteiger partial charge on any atom is -0.00262 e. The van der Waals surface area contributed by atoms with Gasteiger partial charge in [0.1, 0.15) is 0 Å². The zero-order valence-electron chi connectivity index (χ0n) is 18.1. The second-order valence-corrected chi connectivity index (χ2v) is 8.58. The fraction of sp³-hybridized carbons (Fsp3) is 0.133. The molecule has 0 aliphatic heterocycles. The standard InChI is InChI=1S/C30H26/c1-19-8-12-23(13-9-19)29-25-14-10-22(4)18-28(25)30(24-7-5-6-20(2)16-24)26-15-11-21(3)17-27(26)29/h5-18H,1-4H3. The van der Waals surface area contributed by atoms with E-state index >= 15 is 0 Å². The number of hydrogen-bond acceptors (Lipinski definition) is 0. The van der Waals surface area contributed by atoms with E-state index in [9.17, 15) is 0 Å². The third-order valence-electron chi connectivity index (χ3n) is 6.07. The molecule has 0 unspecified atom stereocenters. The van der Waals surface area contributed by atoms with Gasteiger partial charge >= 0.3 is 0 Å². The van der Waals surface area contributed by atoms with Gasteiger partial charge in [0.15, 0.2) is 0 Å². The van der Waals surface area contributed by atoms with E-state index in [1.54, 1.807) is 0 Å². The van der Waals surface area contributed by atoms with E-state index in [1.807, 2.05) is 0 Å². The molecule has 0 aliphatic rings. The predicted molar refractivity (Wildman–Crippen MR) is 131 cm³/mol. The first kappa shape index (κ1) is 18.6. The van der Waals surface area contributed by atoms with Crippen molar-refractivity contribution >= 4 is 21.5 Å². The lowest BCUT2D eigenvalue weighted by molar-refractivity contribution is 1.46. The molecule has 0 atom stereocenters. The minimum atomic E-state index is 1.28. The van der Waals surface area contributed by atoms with Crippen molar-refractivity contribution in [2.75, 3.05) is 0 Å². The Morgan fingerprint density at radius 2 is 0.867 bits per heavy atom. The predicted octanol–water partition coefficient (Wildman–Crippen LogP) is 8.56. The average Bonchev–Trinajstić information content (AvgIpc) is 2.73. The number of hydrogen-bond donors (Lipinski definition) is 0. The molecule has 0 saturated heterocycles. The lowest BCUT2D eigenvalue weighted by Crippen LogP contribution is -1.92. The molecule has 0 heterocycles. The molecule has 5 aromatic rings. The van der Waals surface area contributed by atoms with Crippen LogP contribution in [0.3, 0.4) is 0 Å². The van der Waals surface area contributed by atoms with E-state index in [-0.39, 0.29) is 0 Å². The first-order chi connectivity index (χ1) is 14.5. The van der Waals surface area contributed by atoms with Gasteiger partial charge in [-0.3, -0.25) is 0 Å². The maximum absolute atomic E-state index is 2.35. The smallest absolute Gasteiger partial charge is 0.00262 e. The second kappa shape index (κ2) is 7.15. The summed E-state index contributed by atoms with van der Waals surface area (Å²) in [6.45, 7) is 8.69. The summed E-state index contributed by atoms with van der Waals surface area (Å²) in [6.07, 6.45) is 0. The van der Waals surface area contributed by atoms with Crippen molar-refractivity contribution in [1.82, 2.24) is 0 Å². The Hall–Kier alpha value is -3.38. The van der Waals surface area contributed by atoms with Gasteiger partial charge in [-0.15, -0.1) is 0 Å². The minimum absolute atomic E-state index is 1.28. The Balaban J connectivity index is 2.02. The van der Waals surface area contributed by atoms with Gasteiger partial charge in [0.05, 0.1) is 0 Å². The molecule has 0 heteroatoms. The van der Waals surface area contributed by atoms with Gasteiger partial charge < -0.3 is 0 Å². The summed E-state index contributed by atoms with van der Waals surface area (Å²) in [7, 11) is 0. The summed E-state index contributed by atoms with van der Waals surface area (Å²) in [6, 6.07) is 31.6. The average molecular weight is 387 g/mol. The monoisotopic (exact) mass is 386 g/mol. The van der Waals surface area contributed by atoms with Crippen LogP contribution in [0.4, 0.5) is 0 Å². The highest BCUT2D eigenvalue weighted by molar-refractivity contribution is 6.21. The van der Waals surface area contributed by atoms with Crippen molar-refractivity contribution in [3.8, 4) is 22.3 Å². The molecule has 0 fully saturated rings. The maximum atomic E-state index is 2.35. The van der Waals surface area contributed by atoms with Gasteiger partial charge in [0.2, 0.25) is 0 Å². The first-order valence-electron chi connectivity index (χ1n) is 10.6. The van der Waals surface area contributed by atoms with Crippen LogP contribution in [0.5, 0.6) is 0 Å². The lowest BCUT2D eigenvalue weighted by Gasteiger charge is -2.19. The van der Waals surface area contributed by atoms with Crippen LogP contribution in [0.2, 0.25) is 0 Å². The van der Waals surface area contributed by atoms with Crippen LogP contribution in [-0.2, 0) is 0 Å². The minimum Gasteiger partial charge on any atom is -0.0614 e. The molecule has 5 aromatic carbocycles. The molecule has 0 nitrogen and oxygen atoms in total. The van der Waals surface area contributed by atoms with E-state index in [0.717, 1.165) is 0 Å². The van der Waals surface area contributed by atoms with Crippen LogP contribution < -0.4 is 0 Å². The summed E-state index contributed by atoms with van der Waals surface area (Å²) in [5, 5.41) is 5.29. The van der Waals surface area contributed by atoms with E-state index in [4.69, 9.17) is 0 Å². The zero-order chi connectivity index (χ0) is 20.8. The highest BCUT2D eigenvalue weighted by Crippen LogP contribution is 2.44. The summed E-state index contributed by atoms with van der Waals surface area (Å²) < 4.78 is 0.